The molecule has 0 unspecified atom stereocenters. The molecule has 2 heterocycles. The van der Waals surface area contributed by atoms with Gasteiger partial charge in [-0.3, -0.25) is 9.59 Å². The van der Waals surface area contributed by atoms with E-state index in [1.54, 1.807) is 17.9 Å². The fraction of sp³-hybridized carbons (Fsp3) is 0.409. The number of nitrogens with zero attached hydrogens (tertiary/aromatic N) is 1. The minimum atomic E-state index is -0.935. The third-order valence-corrected chi connectivity index (χ3v) is 6.40. The Labute approximate surface area is 173 Å². The Bertz CT molecular complexity index is 925. The van der Waals surface area contributed by atoms with Crippen LogP contribution in [0.5, 0.6) is 0 Å². The van der Waals surface area contributed by atoms with E-state index < -0.39 is 18.1 Å². The zero-order chi connectivity index (χ0) is 20.4. The molecular formula is C22H24N2O4S. The number of aryl methyl sites for hydroxylation is 2. The van der Waals surface area contributed by atoms with Gasteiger partial charge in [0, 0.05) is 12.2 Å². The second-order valence-electron chi connectivity index (χ2n) is 7.54. The number of fused-ring (bicyclic) bond motifs is 1. The summed E-state index contributed by atoms with van der Waals surface area (Å²) in [7, 11) is 0. The maximum absolute atomic E-state index is 12.7. The van der Waals surface area contributed by atoms with Gasteiger partial charge in [0.15, 0.2) is 6.10 Å². The first-order valence-electron chi connectivity index (χ1n) is 10.0. The number of thiophene rings is 1. The molecule has 1 fully saturated rings. The van der Waals surface area contributed by atoms with Gasteiger partial charge in [-0.1, -0.05) is 12.1 Å². The number of amides is 2. The number of rotatable bonds is 5. The maximum atomic E-state index is 12.7. The maximum Gasteiger partial charge on any atom is 0.329 e. The van der Waals surface area contributed by atoms with Crippen LogP contribution in [0.15, 0.2) is 35.7 Å². The molecule has 0 saturated carbocycles. The molecule has 1 aromatic carbocycles. The minimum absolute atomic E-state index is 0.158. The van der Waals surface area contributed by atoms with Crippen LogP contribution in [0.1, 0.15) is 47.0 Å². The quantitative estimate of drug-likeness (QED) is 0.764. The van der Waals surface area contributed by atoms with Crippen LogP contribution in [0.4, 0.5) is 5.69 Å². The lowest BCUT2D eigenvalue weighted by molar-refractivity contribution is -0.156. The van der Waals surface area contributed by atoms with Gasteiger partial charge in [-0.05, 0) is 73.7 Å². The van der Waals surface area contributed by atoms with Crippen LogP contribution in [0, 0.1) is 0 Å². The molecule has 1 aromatic heterocycles. The third-order valence-electron chi connectivity index (χ3n) is 5.55. The molecule has 29 heavy (non-hydrogen) atoms. The van der Waals surface area contributed by atoms with Gasteiger partial charge < -0.3 is 15.0 Å². The molecule has 2 aliphatic rings. The van der Waals surface area contributed by atoms with E-state index in [4.69, 9.17) is 4.74 Å². The van der Waals surface area contributed by atoms with E-state index in [1.807, 2.05) is 29.6 Å². The van der Waals surface area contributed by atoms with E-state index in [0.717, 1.165) is 25.7 Å². The van der Waals surface area contributed by atoms with Gasteiger partial charge in [0.2, 0.25) is 0 Å². The number of esters is 1. The highest BCUT2D eigenvalue weighted by atomic mass is 32.1. The van der Waals surface area contributed by atoms with E-state index in [1.165, 1.54) is 22.5 Å². The number of anilines is 1. The van der Waals surface area contributed by atoms with Crippen LogP contribution >= 0.6 is 11.3 Å². The van der Waals surface area contributed by atoms with Crippen molar-refractivity contribution in [3.05, 3.63) is 51.7 Å². The van der Waals surface area contributed by atoms with Gasteiger partial charge in [0.1, 0.15) is 6.04 Å². The number of hydrogen-bond donors (Lipinski definition) is 1. The van der Waals surface area contributed by atoms with E-state index >= 15 is 0 Å². The molecule has 2 atom stereocenters. The molecular weight excluding hydrogens is 388 g/mol. The molecule has 152 valence electrons. The molecule has 6 nitrogen and oxygen atoms in total. The molecule has 4 rings (SSSR count). The highest BCUT2D eigenvalue weighted by Gasteiger charge is 2.37. The number of carbonyl (C=O) groups excluding carboxylic acids is 3. The van der Waals surface area contributed by atoms with Crippen LogP contribution in [0.25, 0.3) is 0 Å². The predicted molar refractivity (Wildman–Crippen MR) is 111 cm³/mol. The number of ether oxygens (including phenoxy) is 1. The van der Waals surface area contributed by atoms with Crippen LogP contribution in [0.3, 0.4) is 0 Å². The summed E-state index contributed by atoms with van der Waals surface area (Å²) in [6, 6.07) is 8.84. The van der Waals surface area contributed by atoms with Gasteiger partial charge in [-0.25, -0.2) is 4.79 Å². The number of likely N-dealkylation sites (tertiary alicyclic amines) is 1. The van der Waals surface area contributed by atoms with Crippen molar-refractivity contribution < 1.29 is 19.1 Å². The molecule has 1 saturated heterocycles. The predicted octanol–water partition coefficient (Wildman–Crippen LogP) is 3.41. The van der Waals surface area contributed by atoms with E-state index in [-0.39, 0.29) is 11.8 Å². The summed E-state index contributed by atoms with van der Waals surface area (Å²) in [6.45, 7) is 2.08. The molecule has 7 heteroatoms. The van der Waals surface area contributed by atoms with Crippen molar-refractivity contribution in [1.29, 1.82) is 0 Å². The van der Waals surface area contributed by atoms with E-state index in [9.17, 15) is 14.4 Å². The van der Waals surface area contributed by atoms with E-state index in [2.05, 4.69) is 5.32 Å². The Morgan fingerprint density at radius 3 is 2.79 bits per heavy atom. The Morgan fingerprint density at radius 1 is 1.17 bits per heavy atom. The van der Waals surface area contributed by atoms with Crippen molar-refractivity contribution in [1.82, 2.24) is 4.90 Å². The minimum Gasteiger partial charge on any atom is -0.451 e. The summed E-state index contributed by atoms with van der Waals surface area (Å²) in [5, 5.41) is 4.66. The van der Waals surface area contributed by atoms with Crippen molar-refractivity contribution in [2.24, 2.45) is 0 Å². The first-order valence-corrected chi connectivity index (χ1v) is 10.9. The largest absolute Gasteiger partial charge is 0.451 e. The fourth-order valence-corrected chi connectivity index (χ4v) is 4.68. The van der Waals surface area contributed by atoms with Gasteiger partial charge >= 0.3 is 5.97 Å². The Morgan fingerprint density at radius 2 is 2.00 bits per heavy atom. The number of benzene rings is 1. The van der Waals surface area contributed by atoms with Gasteiger partial charge in [0.25, 0.3) is 11.8 Å². The molecule has 1 N–H and O–H groups in total. The Hall–Kier alpha value is -2.67. The van der Waals surface area contributed by atoms with Crippen molar-refractivity contribution in [3.63, 3.8) is 0 Å². The normalized spacial score (nSPS) is 18.9. The molecule has 1 aliphatic carbocycles. The lowest BCUT2D eigenvalue weighted by Gasteiger charge is -2.24. The van der Waals surface area contributed by atoms with Crippen LogP contribution in [0.2, 0.25) is 0 Å². The highest BCUT2D eigenvalue weighted by molar-refractivity contribution is 7.12. The number of nitrogens with one attached hydrogen (secondary N) is 1. The van der Waals surface area contributed by atoms with Crippen LogP contribution in [-0.2, 0) is 27.2 Å². The number of hydrogen-bond acceptors (Lipinski definition) is 5. The summed E-state index contributed by atoms with van der Waals surface area (Å²) >= 11 is 1.35. The van der Waals surface area contributed by atoms with Crippen LogP contribution < -0.4 is 5.32 Å². The molecule has 2 amide bonds. The molecule has 0 radical (unpaired) electrons. The van der Waals surface area contributed by atoms with E-state index in [0.29, 0.717) is 23.5 Å². The summed E-state index contributed by atoms with van der Waals surface area (Å²) in [4.78, 5) is 39.9. The lowest BCUT2D eigenvalue weighted by Crippen LogP contribution is -2.43. The molecule has 0 spiro atoms. The zero-order valence-corrected chi connectivity index (χ0v) is 17.2. The fourth-order valence-electron chi connectivity index (χ4n) is 4.00. The average Bonchev–Trinajstić information content (AvgIpc) is 3.48. The van der Waals surface area contributed by atoms with Gasteiger partial charge in [-0.15, -0.1) is 11.3 Å². The van der Waals surface area contributed by atoms with Crippen molar-refractivity contribution >= 4 is 34.8 Å². The number of carbonyl (C=O) groups is 3. The third kappa shape index (κ3) is 4.19. The van der Waals surface area contributed by atoms with Crippen molar-refractivity contribution in [2.45, 2.75) is 51.2 Å². The van der Waals surface area contributed by atoms with Gasteiger partial charge in [0.05, 0.1) is 4.88 Å². The summed E-state index contributed by atoms with van der Waals surface area (Å²) in [5.74, 6) is -1.05. The highest BCUT2D eigenvalue weighted by Crippen LogP contribution is 2.26. The standard InChI is InChI=1S/C22H24N2O4S/c1-14(20(25)23-17-10-9-15-5-2-6-16(15)13-17)28-22(27)18-7-3-11-24(18)21(26)19-8-4-12-29-19/h4,8-10,12-14,18H,2-3,5-7,11H2,1H3,(H,23,25)/t14-,18-/m0/s1. The lowest BCUT2D eigenvalue weighted by atomic mass is 10.1. The Kier molecular flexibility index (Phi) is 5.67. The molecule has 0 bridgehead atoms. The summed E-state index contributed by atoms with van der Waals surface area (Å²) in [5.41, 5.74) is 3.31. The SMILES string of the molecule is C[C@H](OC(=O)[C@@H]1CCCN1C(=O)c1cccs1)C(=O)Nc1ccc2c(c1)CCC2. The Balaban J connectivity index is 1.36. The molecule has 2 aromatic rings. The monoisotopic (exact) mass is 412 g/mol. The topological polar surface area (TPSA) is 75.7 Å². The second-order valence-corrected chi connectivity index (χ2v) is 8.49. The first kappa shape index (κ1) is 19.6. The summed E-state index contributed by atoms with van der Waals surface area (Å²) < 4.78 is 5.42. The summed E-state index contributed by atoms with van der Waals surface area (Å²) in [6.07, 6.45) is 3.61. The second kappa shape index (κ2) is 8.37. The van der Waals surface area contributed by atoms with Crippen molar-refractivity contribution in [3.8, 4) is 0 Å². The average molecular weight is 413 g/mol. The molecule has 1 aliphatic heterocycles. The first-order chi connectivity index (χ1) is 14.0. The zero-order valence-electron chi connectivity index (χ0n) is 16.3. The van der Waals surface area contributed by atoms with Gasteiger partial charge in [-0.2, -0.15) is 0 Å². The smallest absolute Gasteiger partial charge is 0.329 e. The van der Waals surface area contributed by atoms with Crippen molar-refractivity contribution in [2.75, 3.05) is 11.9 Å². The van der Waals surface area contributed by atoms with Crippen LogP contribution in [-0.4, -0.2) is 41.4 Å².